The minimum absolute atomic E-state index is 0.0985. The Balaban J connectivity index is 2.86. The van der Waals surface area contributed by atoms with E-state index in [0.29, 0.717) is 11.8 Å². The van der Waals surface area contributed by atoms with Crippen molar-refractivity contribution >= 4 is 0 Å². The fourth-order valence-corrected chi connectivity index (χ4v) is 1.91. The molecule has 1 atom stereocenters. The van der Waals surface area contributed by atoms with Crippen molar-refractivity contribution < 1.29 is 30.7 Å². The lowest BCUT2D eigenvalue weighted by atomic mass is 9.96. The minimum Gasteiger partial charge on any atom is -0.282 e. The second-order valence-corrected chi connectivity index (χ2v) is 4.42. The summed E-state index contributed by atoms with van der Waals surface area (Å²) in [4.78, 5) is 0.735. The Hall–Kier alpha value is -0.830. The maximum Gasteiger partial charge on any atom is 0.460 e. The molecule has 19 heavy (non-hydrogen) atoms. The molecule has 0 amide bonds. The third-order valence-corrected chi connectivity index (χ3v) is 3.35. The molecule has 1 saturated heterocycles. The number of rotatable bonds is 2. The first kappa shape index (κ1) is 16.2. The van der Waals surface area contributed by atoms with E-state index in [1.165, 1.54) is 0 Å². The van der Waals surface area contributed by atoms with Gasteiger partial charge in [-0.25, -0.2) is 9.29 Å². The molecule has 0 N–H and O–H groups in total. The molecule has 0 spiro atoms. The summed E-state index contributed by atoms with van der Waals surface area (Å²) in [5.41, 5.74) is -2.95. The molecule has 9 heteroatoms. The Morgan fingerprint density at radius 2 is 1.26 bits per heavy atom. The van der Waals surface area contributed by atoms with Crippen molar-refractivity contribution in [3.8, 4) is 0 Å². The summed E-state index contributed by atoms with van der Waals surface area (Å²) in [7, 11) is 0. The van der Waals surface area contributed by atoms with Gasteiger partial charge in [0, 0.05) is 26.2 Å². The summed E-state index contributed by atoms with van der Waals surface area (Å²) in [6, 6.07) is 0. The van der Waals surface area contributed by atoms with Gasteiger partial charge in [-0.05, 0) is 6.92 Å². The zero-order valence-corrected chi connectivity index (χ0v) is 10.1. The average Bonchev–Trinajstić information content (AvgIpc) is 2.25. The number of nitrogens with zero attached hydrogens (tertiary/aromatic N) is 2. The summed E-state index contributed by atoms with van der Waals surface area (Å²) >= 11 is 0. The van der Waals surface area contributed by atoms with E-state index in [4.69, 9.17) is 0 Å². The van der Waals surface area contributed by atoms with Crippen LogP contribution in [0.3, 0.4) is 0 Å². The van der Waals surface area contributed by atoms with Crippen LogP contribution in [0.25, 0.3) is 0 Å². The highest BCUT2D eigenvalue weighted by Gasteiger charge is 2.58. The van der Waals surface area contributed by atoms with Crippen LogP contribution in [-0.4, -0.2) is 54.0 Å². The topological polar surface area (TPSA) is 6.48 Å². The van der Waals surface area contributed by atoms with E-state index >= 15 is 0 Å². The van der Waals surface area contributed by atoms with Crippen molar-refractivity contribution in [2.75, 3.05) is 26.2 Å². The van der Waals surface area contributed by atoms with Gasteiger partial charge in [0.15, 0.2) is 5.54 Å². The molecule has 0 aromatic carbocycles. The summed E-state index contributed by atoms with van der Waals surface area (Å²) in [5, 5.41) is 0. The van der Waals surface area contributed by atoms with E-state index in [1.807, 2.05) is 0 Å². The van der Waals surface area contributed by atoms with Crippen molar-refractivity contribution in [1.29, 1.82) is 0 Å². The van der Waals surface area contributed by atoms with Crippen molar-refractivity contribution in [2.45, 2.75) is 24.9 Å². The smallest absolute Gasteiger partial charge is 0.282 e. The van der Waals surface area contributed by atoms with Crippen LogP contribution in [0.5, 0.6) is 0 Å². The molecule has 2 nitrogen and oxygen atoms in total. The van der Waals surface area contributed by atoms with E-state index in [2.05, 4.69) is 6.58 Å². The lowest BCUT2D eigenvalue weighted by Gasteiger charge is -2.45. The molecule has 0 aliphatic carbocycles. The van der Waals surface area contributed by atoms with E-state index in [-0.39, 0.29) is 4.90 Å². The molecular weight excluding hydrogens is 281 g/mol. The van der Waals surface area contributed by atoms with Gasteiger partial charge in [0.1, 0.15) is 5.83 Å². The Labute approximate surface area is 105 Å². The molecule has 0 unspecified atom stereocenters. The maximum absolute atomic E-state index is 13.2. The van der Waals surface area contributed by atoms with E-state index in [1.54, 1.807) is 0 Å². The van der Waals surface area contributed by atoms with Crippen LogP contribution < -0.4 is 0 Å². The lowest BCUT2D eigenvalue weighted by molar-refractivity contribution is -0.265. The van der Waals surface area contributed by atoms with Crippen molar-refractivity contribution in [3.05, 3.63) is 12.4 Å². The molecule has 1 fully saturated rings. The summed E-state index contributed by atoms with van der Waals surface area (Å²) in [5.74, 6) is -1.62. The first-order valence-electron chi connectivity index (χ1n) is 5.39. The molecular formula is C10H13F7N2. The highest BCUT2D eigenvalue weighted by atomic mass is 19.4. The molecule has 0 aromatic heterocycles. The predicted molar refractivity (Wildman–Crippen MR) is 53.9 cm³/mol. The van der Waals surface area contributed by atoms with Gasteiger partial charge in [0.25, 0.3) is 0 Å². The van der Waals surface area contributed by atoms with Gasteiger partial charge in [-0.1, -0.05) is 6.58 Å². The fourth-order valence-electron chi connectivity index (χ4n) is 1.91. The van der Waals surface area contributed by atoms with Gasteiger partial charge >= 0.3 is 12.5 Å². The summed E-state index contributed by atoms with van der Waals surface area (Å²) in [6.07, 6.45) is -9.54. The Morgan fingerprint density at radius 3 is 1.53 bits per heavy atom. The zero-order chi connectivity index (χ0) is 15.1. The van der Waals surface area contributed by atoms with Gasteiger partial charge in [-0.3, -0.25) is 4.90 Å². The molecule has 0 bridgehead atoms. The van der Waals surface area contributed by atoms with Crippen LogP contribution in [0.1, 0.15) is 6.92 Å². The normalized spacial score (nSPS) is 23.2. The number of alkyl halides is 6. The maximum atomic E-state index is 13.2. The van der Waals surface area contributed by atoms with Crippen LogP contribution >= 0.6 is 0 Å². The van der Waals surface area contributed by atoms with Crippen LogP contribution in [0.15, 0.2) is 12.4 Å². The SMILES string of the molecule is C=C(F)[C@@](C)(N1CCN(C(F)(F)F)CC1)C(F)(F)F. The molecule has 0 saturated carbocycles. The van der Waals surface area contributed by atoms with Crippen molar-refractivity contribution in [1.82, 2.24) is 9.80 Å². The van der Waals surface area contributed by atoms with Gasteiger partial charge in [-0.15, -0.1) is 0 Å². The molecule has 1 heterocycles. The van der Waals surface area contributed by atoms with E-state index in [0.717, 1.165) is 0 Å². The molecule has 1 aliphatic rings. The Morgan fingerprint density at radius 1 is 0.895 bits per heavy atom. The molecule has 0 radical (unpaired) electrons. The third-order valence-electron chi connectivity index (χ3n) is 3.35. The highest BCUT2D eigenvalue weighted by Crippen LogP contribution is 2.41. The second-order valence-electron chi connectivity index (χ2n) is 4.42. The van der Waals surface area contributed by atoms with Crippen molar-refractivity contribution in [2.24, 2.45) is 0 Å². The van der Waals surface area contributed by atoms with E-state index in [9.17, 15) is 30.7 Å². The highest BCUT2D eigenvalue weighted by molar-refractivity contribution is 5.13. The first-order chi connectivity index (χ1) is 8.40. The monoisotopic (exact) mass is 294 g/mol. The van der Waals surface area contributed by atoms with Crippen molar-refractivity contribution in [3.63, 3.8) is 0 Å². The minimum atomic E-state index is -4.95. The number of hydrogen-bond donors (Lipinski definition) is 0. The predicted octanol–water partition coefficient (Wildman–Crippen LogP) is 2.93. The number of hydrogen-bond acceptors (Lipinski definition) is 2. The van der Waals surface area contributed by atoms with Crippen LogP contribution in [-0.2, 0) is 0 Å². The number of piperazine rings is 1. The van der Waals surface area contributed by atoms with Crippen LogP contribution in [0.2, 0.25) is 0 Å². The van der Waals surface area contributed by atoms with Gasteiger partial charge in [-0.2, -0.15) is 26.3 Å². The molecule has 1 rings (SSSR count). The largest absolute Gasteiger partial charge is 0.460 e. The fraction of sp³-hybridized carbons (Fsp3) is 0.800. The van der Waals surface area contributed by atoms with E-state index < -0.39 is 50.0 Å². The summed E-state index contributed by atoms with van der Waals surface area (Å²) < 4.78 is 88.9. The number of halogens is 7. The molecule has 0 aromatic rings. The molecule has 112 valence electrons. The van der Waals surface area contributed by atoms with Gasteiger partial charge in [0.05, 0.1) is 0 Å². The quantitative estimate of drug-likeness (QED) is 0.571. The van der Waals surface area contributed by atoms with Gasteiger partial charge < -0.3 is 0 Å². The Kier molecular flexibility index (Phi) is 4.21. The zero-order valence-electron chi connectivity index (χ0n) is 10.1. The standard InChI is InChI=1S/C10H13F7N2/c1-7(11)8(2,9(12,13)14)18-3-5-19(6-4-18)10(15,16)17/h1,3-6H2,2H3/t8-/m1/s1. The lowest BCUT2D eigenvalue weighted by Crippen LogP contribution is -2.63. The third kappa shape index (κ3) is 3.02. The van der Waals surface area contributed by atoms with Gasteiger partial charge in [0.2, 0.25) is 0 Å². The first-order valence-corrected chi connectivity index (χ1v) is 5.39. The van der Waals surface area contributed by atoms with Crippen LogP contribution in [0, 0.1) is 0 Å². The Bertz CT molecular complexity index is 341. The summed E-state index contributed by atoms with van der Waals surface area (Å²) in [6.45, 7) is 0.895. The average molecular weight is 294 g/mol. The second kappa shape index (κ2) is 4.93. The molecule has 1 aliphatic heterocycles. The van der Waals surface area contributed by atoms with Crippen LogP contribution in [0.4, 0.5) is 30.7 Å².